The van der Waals surface area contributed by atoms with E-state index >= 15 is 0 Å². The van der Waals surface area contributed by atoms with Crippen molar-refractivity contribution in [3.05, 3.63) is 65.2 Å². The molecule has 1 heterocycles. The van der Waals surface area contributed by atoms with E-state index in [2.05, 4.69) is 60.8 Å². The third kappa shape index (κ3) is 2.05. The molecule has 3 rings (SSSR count). The maximum absolute atomic E-state index is 3.53. The van der Waals surface area contributed by atoms with Crippen molar-refractivity contribution in [1.29, 1.82) is 0 Å². The first-order valence-corrected chi connectivity index (χ1v) is 6.21. The number of para-hydroxylation sites is 1. The average Bonchev–Trinajstić information content (AvgIpc) is 2.38. The third-order valence-electron chi connectivity index (χ3n) is 3.54. The Morgan fingerprint density at radius 1 is 1.06 bits per heavy atom. The topological polar surface area (TPSA) is 12.0 Å². The van der Waals surface area contributed by atoms with E-state index < -0.39 is 0 Å². The van der Waals surface area contributed by atoms with Gasteiger partial charge in [0, 0.05) is 18.2 Å². The van der Waals surface area contributed by atoms with Gasteiger partial charge in [0.05, 0.1) is 0 Å². The zero-order valence-electron chi connectivity index (χ0n) is 10.1. The second kappa shape index (κ2) is 4.25. The molecule has 1 unspecified atom stereocenters. The van der Waals surface area contributed by atoms with E-state index in [0.717, 1.165) is 13.0 Å². The van der Waals surface area contributed by atoms with Crippen LogP contribution in [-0.2, 0) is 6.42 Å². The lowest BCUT2D eigenvalue weighted by atomic mass is 9.88. The molecule has 0 saturated carbocycles. The van der Waals surface area contributed by atoms with Crippen molar-refractivity contribution < 1.29 is 0 Å². The van der Waals surface area contributed by atoms with Crippen molar-refractivity contribution in [1.82, 2.24) is 0 Å². The smallest absolute Gasteiger partial charge is 0.0373 e. The van der Waals surface area contributed by atoms with E-state index in [1.807, 2.05) is 0 Å². The fraction of sp³-hybridized carbons (Fsp3) is 0.250. The summed E-state index contributed by atoms with van der Waals surface area (Å²) >= 11 is 0. The van der Waals surface area contributed by atoms with Gasteiger partial charge in [-0.2, -0.15) is 0 Å². The minimum Gasteiger partial charge on any atom is -0.384 e. The Balaban J connectivity index is 1.89. The summed E-state index contributed by atoms with van der Waals surface area (Å²) in [6.07, 6.45) is 1.15. The van der Waals surface area contributed by atoms with Gasteiger partial charge in [-0.1, -0.05) is 48.0 Å². The van der Waals surface area contributed by atoms with Crippen LogP contribution >= 0.6 is 0 Å². The van der Waals surface area contributed by atoms with Crippen LogP contribution in [0.15, 0.2) is 48.5 Å². The van der Waals surface area contributed by atoms with Crippen LogP contribution in [0.3, 0.4) is 0 Å². The normalized spacial score (nSPS) is 18.3. The van der Waals surface area contributed by atoms with Crippen molar-refractivity contribution >= 4 is 5.69 Å². The number of benzene rings is 2. The molecule has 1 nitrogen and oxygen atoms in total. The highest BCUT2D eigenvalue weighted by molar-refractivity contribution is 5.54. The molecule has 1 aliphatic heterocycles. The number of nitrogens with one attached hydrogen (secondary N) is 1. The largest absolute Gasteiger partial charge is 0.384 e. The van der Waals surface area contributed by atoms with Gasteiger partial charge in [0.2, 0.25) is 0 Å². The molecule has 0 amide bonds. The van der Waals surface area contributed by atoms with E-state index in [0.29, 0.717) is 5.92 Å². The molecule has 0 radical (unpaired) electrons. The molecule has 1 atom stereocenters. The minimum absolute atomic E-state index is 0.602. The van der Waals surface area contributed by atoms with Gasteiger partial charge in [0.25, 0.3) is 0 Å². The lowest BCUT2D eigenvalue weighted by Crippen LogP contribution is -2.21. The molecule has 0 aromatic heterocycles. The van der Waals surface area contributed by atoms with Crippen LogP contribution in [0, 0.1) is 6.92 Å². The predicted molar refractivity (Wildman–Crippen MR) is 72.6 cm³/mol. The molecule has 0 aliphatic carbocycles. The molecule has 86 valence electrons. The highest BCUT2D eigenvalue weighted by Crippen LogP contribution is 2.30. The van der Waals surface area contributed by atoms with Crippen LogP contribution in [0.1, 0.15) is 22.6 Å². The van der Waals surface area contributed by atoms with Crippen molar-refractivity contribution in [2.24, 2.45) is 0 Å². The summed E-state index contributed by atoms with van der Waals surface area (Å²) in [5.41, 5.74) is 5.54. The van der Waals surface area contributed by atoms with Crippen molar-refractivity contribution in [3.8, 4) is 0 Å². The van der Waals surface area contributed by atoms with Gasteiger partial charge in [-0.25, -0.2) is 0 Å². The van der Waals surface area contributed by atoms with Gasteiger partial charge >= 0.3 is 0 Å². The summed E-state index contributed by atoms with van der Waals surface area (Å²) in [7, 11) is 0. The van der Waals surface area contributed by atoms with Crippen molar-refractivity contribution in [2.45, 2.75) is 19.3 Å². The Morgan fingerprint density at radius 3 is 2.82 bits per heavy atom. The second-order valence-electron chi connectivity index (χ2n) is 4.85. The van der Waals surface area contributed by atoms with Crippen LogP contribution in [0.25, 0.3) is 0 Å². The summed E-state index contributed by atoms with van der Waals surface area (Å²) in [5, 5.41) is 3.53. The van der Waals surface area contributed by atoms with Gasteiger partial charge < -0.3 is 5.32 Å². The lowest BCUT2D eigenvalue weighted by molar-refractivity contribution is 0.694. The second-order valence-corrected chi connectivity index (χ2v) is 4.85. The Bertz CT molecular complexity index is 531. The molecule has 1 N–H and O–H groups in total. The van der Waals surface area contributed by atoms with Crippen molar-refractivity contribution in [2.75, 3.05) is 11.9 Å². The Hall–Kier alpha value is -1.76. The quantitative estimate of drug-likeness (QED) is 0.776. The highest BCUT2D eigenvalue weighted by Gasteiger charge is 2.18. The molecule has 1 aliphatic rings. The molecule has 0 saturated heterocycles. The number of anilines is 1. The maximum atomic E-state index is 3.53. The van der Waals surface area contributed by atoms with E-state index in [9.17, 15) is 0 Å². The number of fused-ring (bicyclic) bond motifs is 1. The Morgan fingerprint density at radius 2 is 1.94 bits per heavy atom. The molecule has 2 aromatic rings. The molecule has 0 bridgehead atoms. The van der Waals surface area contributed by atoms with Crippen LogP contribution in [0.2, 0.25) is 0 Å². The average molecular weight is 223 g/mol. The minimum atomic E-state index is 0.602. The van der Waals surface area contributed by atoms with Crippen LogP contribution in [0.5, 0.6) is 0 Å². The molecular weight excluding hydrogens is 206 g/mol. The van der Waals surface area contributed by atoms with E-state index in [-0.39, 0.29) is 0 Å². The standard InChI is InChI=1S/C16H17N/c1-12-5-4-7-13(9-12)15-10-14-6-2-3-8-16(14)17-11-15/h2-9,15,17H,10-11H2,1H3. The fourth-order valence-corrected chi connectivity index (χ4v) is 2.60. The highest BCUT2D eigenvalue weighted by atomic mass is 14.9. The van der Waals surface area contributed by atoms with Gasteiger partial charge in [0.1, 0.15) is 0 Å². The summed E-state index contributed by atoms with van der Waals surface area (Å²) in [5.74, 6) is 0.602. The predicted octanol–water partition coefficient (Wildman–Crippen LogP) is 3.75. The molecule has 1 heteroatoms. The number of aryl methyl sites for hydroxylation is 1. The molecule has 0 fully saturated rings. The SMILES string of the molecule is Cc1cccc(C2CNc3ccccc3C2)c1. The van der Waals surface area contributed by atoms with E-state index in [1.54, 1.807) is 0 Å². The van der Waals surface area contributed by atoms with Gasteiger partial charge in [-0.15, -0.1) is 0 Å². The lowest BCUT2D eigenvalue weighted by Gasteiger charge is -2.26. The first-order chi connectivity index (χ1) is 8.33. The first kappa shape index (κ1) is 10.4. The number of hydrogen-bond acceptors (Lipinski definition) is 1. The summed E-state index contributed by atoms with van der Waals surface area (Å²) in [6, 6.07) is 17.5. The molecule has 2 aromatic carbocycles. The van der Waals surface area contributed by atoms with Crippen LogP contribution < -0.4 is 5.32 Å². The summed E-state index contributed by atoms with van der Waals surface area (Å²) in [6.45, 7) is 3.20. The summed E-state index contributed by atoms with van der Waals surface area (Å²) < 4.78 is 0. The first-order valence-electron chi connectivity index (χ1n) is 6.21. The van der Waals surface area contributed by atoms with Crippen molar-refractivity contribution in [3.63, 3.8) is 0 Å². The van der Waals surface area contributed by atoms with Gasteiger partial charge in [-0.3, -0.25) is 0 Å². The van der Waals surface area contributed by atoms with Gasteiger partial charge in [0.15, 0.2) is 0 Å². The van der Waals surface area contributed by atoms with Crippen LogP contribution in [0.4, 0.5) is 5.69 Å². The van der Waals surface area contributed by atoms with Gasteiger partial charge in [-0.05, 0) is 30.5 Å². The Labute approximate surface area is 102 Å². The molecular formula is C16H17N. The zero-order chi connectivity index (χ0) is 11.7. The Kier molecular flexibility index (Phi) is 2.60. The number of hydrogen-bond donors (Lipinski definition) is 1. The maximum Gasteiger partial charge on any atom is 0.0373 e. The third-order valence-corrected chi connectivity index (χ3v) is 3.54. The summed E-state index contributed by atoms with van der Waals surface area (Å²) in [4.78, 5) is 0. The monoisotopic (exact) mass is 223 g/mol. The zero-order valence-corrected chi connectivity index (χ0v) is 10.1. The molecule has 17 heavy (non-hydrogen) atoms. The van der Waals surface area contributed by atoms with E-state index in [1.165, 1.54) is 22.4 Å². The van der Waals surface area contributed by atoms with E-state index in [4.69, 9.17) is 0 Å². The van der Waals surface area contributed by atoms with Crippen LogP contribution in [-0.4, -0.2) is 6.54 Å². The number of rotatable bonds is 1. The fourth-order valence-electron chi connectivity index (χ4n) is 2.60. The molecule has 0 spiro atoms.